The van der Waals surface area contributed by atoms with E-state index in [1.807, 2.05) is 0 Å². The van der Waals surface area contributed by atoms with E-state index in [0.29, 0.717) is 0 Å². The molecule has 1 N–H and O–H groups in total. The fraction of sp³-hybridized carbons (Fsp3) is 0.333. The molecule has 0 saturated heterocycles. The minimum Gasteiger partial charge on any atom is -0.476 e. The maximum atomic E-state index is 12.6. The predicted molar refractivity (Wildman–Crippen MR) is 52.4 cm³/mol. The Morgan fingerprint density at radius 2 is 1.85 bits per heavy atom. The van der Waals surface area contributed by atoms with Crippen molar-refractivity contribution >= 4 is 17.6 Å². The number of rotatable bonds is 3. The van der Waals surface area contributed by atoms with Gasteiger partial charge in [0.25, 0.3) is 0 Å². The van der Waals surface area contributed by atoms with Crippen LogP contribution in [0, 0.1) is 0 Å². The largest absolute Gasteiger partial charge is 0.574 e. The molecule has 0 aliphatic carbocycles. The van der Waals surface area contributed by atoms with Gasteiger partial charge in [0.1, 0.15) is 5.56 Å². The Balaban J connectivity index is 3.52. The standard InChI is InChI=1S/C9H4ClF6NO3/c10-2-3-1-4(8(11,12)13)6(20-9(14,15)16)17-5(3)7(18)19/h1H,2H2,(H,18,19). The fourth-order valence-electron chi connectivity index (χ4n) is 1.22. The molecule has 0 fully saturated rings. The number of ether oxygens (including phenoxy) is 1. The minimum absolute atomic E-state index is 0.157. The van der Waals surface area contributed by atoms with Crippen LogP contribution in [0.25, 0.3) is 0 Å². The van der Waals surface area contributed by atoms with Gasteiger partial charge in [0, 0.05) is 11.4 Å². The minimum atomic E-state index is -5.45. The third-order valence-electron chi connectivity index (χ3n) is 1.93. The van der Waals surface area contributed by atoms with Gasteiger partial charge in [-0.2, -0.15) is 13.2 Å². The third kappa shape index (κ3) is 3.89. The Labute approximate surface area is 111 Å². The Morgan fingerprint density at radius 3 is 2.20 bits per heavy atom. The van der Waals surface area contributed by atoms with Crippen molar-refractivity contribution in [2.24, 2.45) is 0 Å². The summed E-state index contributed by atoms with van der Waals surface area (Å²) in [6.07, 6.45) is -10.7. The summed E-state index contributed by atoms with van der Waals surface area (Å²) in [4.78, 5) is 13.5. The summed E-state index contributed by atoms with van der Waals surface area (Å²) in [5, 5.41) is 8.67. The monoisotopic (exact) mass is 323 g/mol. The SMILES string of the molecule is O=C(O)c1nc(OC(F)(F)F)c(C(F)(F)F)cc1CCl. The van der Waals surface area contributed by atoms with Gasteiger partial charge in [0.05, 0.1) is 0 Å². The van der Waals surface area contributed by atoms with Crippen molar-refractivity contribution in [3.8, 4) is 5.88 Å². The molecule has 20 heavy (non-hydrogen) atoms. The first kappa shape index (κ1) is 16.3. The highest BCUT2D eigenvalue weighted by atomic mass is 35.5. The highest BCUT2D eigenvalue weighted by Gasteiger charge is 2.41. The smallest absolute Gasteiger partial charge is 0.476 e. The summed E-state index contributed by atoms with van der Waals surface area (Å²) in [7, 11) is 0. The van der Waals surface area contributed by atoms with Gasteiger partial charge in [0.2, 0.25) is 5.88 Å². The number of hydrogen-bond donors (Lipinski definition) is 1. The van der Waals surface area contributed by atoms with Crippen LogP contribution < -0.4 is 4.74 Å². The molecule has 0 radical (unpaired) electrons. The lowest BCUT2D eigenvalue weighted by Crippen LogP contribution is -2.22. The number of halogens is 7. The maximum Gasteiger partial charge on any atom is 0.574 e. The molecule has 0 unspecified atom stereocenters. The first-order valence-electron chi connectivity index (χ1n) is 4.62. The number of carbonyl (C=O) groups is 1. The van der Waals surface area contributed by atoms with Crippen molar-refractivity contribution in [2.75, 3.05) is 0 Å². The second kappa shape index (κ2) is 5.35. The van der Waals surface area contributed by atoms with Crippen LogP contribution in [0.15, 0.2) is 6.07 Å². The van der Waals surface area contributed by atoms with Crippen molar-refractivity contribution < 1.29 is 41.0 Å². The van der Waals surface area contributed by atoms with Gasteiger partial charge in [-0.1, -0.05) is 0 Å². The van der Waals surface area contributed by atoms with Crippen molar-refractivity contribution in [3.05, 3.63) is 22.9 Å². The zero-order chi connectivity index (χ0) is 15.7. The lowest BCUT2D eigenvalue weighted by atomic mass is 10.1. The van der Waals surface area contributed by atoms with Gasteiger partial charge in [0.15, 0.2) is 5.69 Å². The molecule has 0 amide bonds. The van der Waals surface area contributed by atoms with E-state index in [0.717, 1.165) is 0 Å². The van der Waals surface area contributed by atoms with Gasteiger partial charge >= 0.3 is 18.5 Å². The number of carboxylic acid groups (broad SMARTS) is 1. The van der Waals surface area contributed by atoms with Crippen LogP contribution in [0.1, 0.15) is 21.6 Å². The Bertz CT molecular complexity index is 528. The Kier molecular flexibility index (Phi) is 4.37. The summed E-state index contributed by atoms with van der Waals surface area (Å²) < 4.78 is 77.0. The molecule has 0 atom stereocenters. The molecule has 1 aromatic rings. The van der Waals surface area contributed by atoms with Gasteiger partial charge in [-0.15, -0.1) is 24.8 Å². The van der Waals surface area contributed by atoms with E-state index in [2.05, 4.69) is 9.72 Å². The topological polar surface area (TPSA) is 59.4 Å². The average molecular weight is 324 g/mol. The molecular formula is C9H4ClF6NO3. The average Bonchev–Trinajstić information content (AvgIpc) is 2.24. The first-order valence-corrected chi connectivity index (χ1v) is 5.15. The van der Waals surface area contributed by atoms with Gasteiger partial charge < -0.3 is 9.84 Å². The number of aromatic nitrogens is 1. The van der Waals surface area contributed by atoms with Crippen LogP contribution in [-0.4, -0.2) is 22.4 Å². The van der Waals surface area contributed by atoms with Gasteiger partial charge in [-0.3, -0.25) is 0 Å². The van der Waals surface area contributed by atoms with E-state index >= 15 is 0 Å². The molecule has 0 spiro atoms. The molecule has 4 nitrogen and oxygen atoms in total. The lowest BCUT2D eigenvalue weighted by Gasteiger charge is -2.16. The molecular weight excluding hydrogens is 320 g/mol. The van der Waals surface area contributed by atoms with Crippen LogP contribution >= 0.6 is 11.6 Å². The summed E-state index contributed by atoms with van der Waals surface area (Å²) in [6, 6.07) is 0.157. The predicted octanol–water partition coefficient (Wildman–Crippen LogP) is 3.44. The summed E-state index contributed by atoms with van der Waals surface area (Å²) in [5.41, 5.74) is -3.50. The number of pyridine rings is 1. The highest BCUT2D eigenvalue weighted by molar-refractivity contribution is 6.17. The highest BCUT2D eigenvalue weighted by Crippen LogP contribution is 2.38. The van der Waals surface area contributed by atoms with Crippen molar-refractivity contribution in [1.29, 1.82) is 0 Å². The zero-order valence-corrected chi connectivity index (χ0v) is 9.90. The Morgan fingerprint density at radius 1 is 1.30 bits per heavy atom. The van der Waals surface area contributed by atoms with E-state index in [1.165, 1.54) is 0 Å². The lowest BCUT2D eigenvalue weighted by molar-refractivity contribution is -0.277. The van der Waals surface area contributed by atoms with E-state index in [1.54, 1.807) is 0 Å². The normalized spacial score (nSPS) is 12.3. The molecule has 0 aliphatic rings. The molecule has 1 aromatic heterocycles. The zero-order valence-electron chi connectivity index (χ0n) is 9.14. The molecule has 11 heteroatoms. The van der Waals surface area contributed by atoms with Crippen molar-refractivity contribution in [2.45, 2.75) is 18.4 Å². The number of nitrogens with zero attached hydrogens (tertiary/aromatic N) is 1. The van der Waals surface area contributed by atoms with Crippen LogP contribution in [0.4, 0.5) is 26.3 Å². The van der Waals surface area contributed by atoms with Gasteiger partial charge in [-0.25, -0.2) is 9.78 Å². The van der Waals surface area contributed by atoms with Crippen molar-refractivity contribution in [1.82, 2.24) is 4.98 Å². The van der Waals surface area contributed by atoms with Gasteiger partial charge in [-0.05, 0) is 6.07 Å². The number of alkyl halides is 7. The molecule has 0 saturated carbocycles. The van der Waals surface area contributed by atoms with Crippen LogP contribution in [0.5, 0.6) is 5.88 Å². The number of carboxylic acids is 1. The molecule has 1 heterocycles. The molecule has 0 aliphatic heterocycles. The van der Waals surface area contributed by atoms with Crippen LogP contribution in [0.3, 0.4) is 0 Å². The van der Waals surface area contributed by atoms with Crippen LogP contribution in [-0.2, 0) is 12.1 Å². The molecule has 0 aromatic carbocycles. The Hall–Kier alpha value is -1.71. The quantitative estimate of drug-likeness (QED) is 0.684. The first-order chi connectivity index (χ1) is 8.95. The second-order valence-corrected chi connectivity index (χ2v) is 3.60. The maximum absolute atomic E-state index is 12.6. The molecule has 112 valence electrons. The molecule has 1 rings (SSSR count). The summed E-state index contributed by atoms with van der Waals surface area (Å²) in [5.74, 6) is -4.40. The number of aromatic carboxylic acids is 1. The van der Waals surface area contributed by atoms with E-state index in [9.17, 15) is 31.1 Å². The second-order valence-electron chi connectivity index (χ2n) is 3.33. The summed E-state index contributed by atoms with van der Waals surface area (Å²) >= 11 is 5.25. The van der Waals surface area contributed by atoms with Crippen LogP contribution in [0.2, 0.25) is 0 Å². The van der Waals surface area contributed by atoms with E-state index < -0.39 is 47.1 Å². The fourth-order valence-corrected chi connectivity index (χ4v) is 1.42. The summed E-state index contributed by atoms with van der Waals surface area (Å²) in [6.45, 7) is 0. The van der Waals surface area contributed by atoms with E-state index in [-0.39, 0.29) is 6.07 Å². The van der Waals surface area contributed by atoms with Crippen molar-refractivity contribution in [3.63, 3.8) is 0 Å². The molecule has 0 bridgehead atoms. The number of hydrogen-bond acceptors (Lipinski definition) is 3. The van der Waals surface area contributed by atoms with E-state index in [4.69, 9.17) is 16.7 Å². The third-order valence-corrected chi connectivity index (χ3v) is 2.22.